The average molecular weight is 548 g/mol. The van der Waals surface area contributed by atoms with Gasteiger partial charge in [0, 0.05) is 30.2 Å². The van der Waals surface area contributed by atoms with Crippen LogP contribution < -0.4 is 14.9 Å². The molecule has 9 nitrogen and oxygen atoms in total. The summed E-state index contributed by atoms with van der Waals surface area (Å²) in [5.74, 6) is 0.324. The lowest BCUT2D eigenvalue weighted by atomic mass is 10.0. The second-order valence-electron chi connectivity index (χ2n) is 10.1. The topological polar surface area (TPSA) is 116 Å². The van der Waals surface area contributed by atoms with Gasteiger partial charge in [-0.05, 0) is 63.1 Å². The van der Waals surface area contributed by atoms with E-state index in [-0.39, 0.29) is 23.5 Å². The number of rotatable bonds is 8. The number of amides is 1. The number of hydrogen-bond acceptors (Lipinski definition) is 6. The molecule has 5 rings (SSSR count). The van der Waals surface area contributed by atoms with Crippen LogP contribution in [-0.2, 0) is 26.0 Å². The van der Waals surface area contributed by atoms with Gasteiger partial charge in [-0.1, -0.05) is 35.9 Å². The third kappa shape index (κ3) is 6.30. The van der Waals surface area contributed by atoms with Crippen LogP contribution >= 0.6 is 0 Å². The Morgan fingerprint density at radius 1 is 1.08 bits per heavy atom. The van der Waals surface area contributed by atoms with Crippen LogP contribution in [0.5, 0.6) is 0 Å². The molecule has 1 saturated heterocycles. The van der Waals surface area contributed by atoms with Crippen molar-refractivity contribution >= 4 is 38.3 Å². The first-order valence-corrected chi connectivity index (χ1v) is 14.5. The van der Waals surface area contributed by atoms with Gasteiger partial charge in [-0.2, -0.15) is 4.72 Å². The minimum absolute atomic E-state index is 0.0988. The quantitative estimate of drug-likeness (QED) is 0.307. The van der Waals surface area contributed by atoms with Crippen LogP contribution in [0.15, 0.2) is 78.0 Å². The van der Waals surface area contributed by atoms with Gasteiger partial charge in [-0.25, -0.2) is 13.4 Å². The molecule has 2 aromatic carbocycles. The number of fused-ring (bicyclic) bond motifs is 1. The Labute approximate surface area is 228 Å². The summed E-state index contributed by atoms with van der Waals surface area (Å²) >= 11 is 0. The minimum Gasteiger partial charge on any atom is -0.372 e. The molecule has 3 N–H and O–H groups in total. The average Bonchev–Trinajstić information content (AvgIpc) is 3.31. The van der Waals surface area contributed by atoms with Gasteiger partial charge >= 0.3 is 0 Å². The van der Waals surface area contributed by atoms with Crippen molar-refractivity contribution < 1.29 is 17.9 Å². The van der Waals surface area contributed by atoms with Crippen LogP contribution in [-0.4, -0.2) is 55.6 Å². The molecule has 0 unspecified atom stereocenters. The van der Waals surface area contributed by atoms with Crippen molar-refractivity contribution in [1.29, 1.82) is 0 Å². The standard InChI is InChI=1S/C29H33N5O4S/c1-19-8-11-24(12-9-19)39(36,37)33-27(14-22-15-30-26-7-5-4-6-25(22)26)29(35)32-23-10-13-28(31-16-23)34-17-20(2)38-21(3)18-34/h4-13,15-16,20-21,27,30,33H,14,17-18H2,1-3H3,(H,32,35)/t20-,21+,27-/m0/s1. The highest BCUT2D eigenvalue weighted by molar-refractivity contribution is 7.89. The van der Waals surface area contributed by atoms with Gasteiger partial charge in [0.25, 0.3) is 0 Å². The van der Waals surface area contributed by atoms with E-state index in [1.807, 2.05) is 57.3 Å². The Bertz CT molecular complexity index is 1540. The maximum atomic E-state index is 13.5. The zero-order chi connectivity index (χ0) is 27.6. The summed E-state index contributed by atoms with van der Waals surface area (Å²) in [5, 5.41) is 3.79. The number of nitrogens with zero attached hydrogens (tertiary/aromatic N) is 2. The fourth-order valence-corrected chi connectivity index (χ4v) is 6.12. The molecule has 1 fully saturated rings. The molecule has 3 atom stereocenters. The molecule has 0 saturated carbocycles. The molecule has 2 aromatic heterocycles. The highest BCUT2D eigenvalue weighted by atomic mass is 32.2. The number of H-pyrrole nitrogens is 1. The number of nitrogens with one attached hydrogen (secondary N) is 3. The Balaban J connectivity index is 1.37. The minimum atomic E-state index is -3.96. The molecule has 10 heteroatoms. The van der Waals surface area contributed by atoms with Crippen LogP contribution in [0, 0.1) is 6.92 Å². The summed E-state index contributed by atoms with van der Waals surface area (Å²) in [6, 6.07) is 16.8. The van der Waals surface area contributed by atoms with E-state index < -0.39 is 22.0 Å². The van der Waals surface area contributed by atoms with Gasteiger partial charge in [-0.15, -0.1) is 0 Å². The summed E-state index contributed by atoms with van der Waals surface area (Å²) in [6.07, 6.45) is 3.76. The van der Waals surface area contributed by atoms with Crippen LogP contribution in [0.1, 0.15) is 25.0 Å². The van der Waals surface area contributed by atoms with Crippen LogP contribution in [0.2, 0.25) is 0 Å². The number of benzene rings is 2. The summed E-state index contributed by atoms with van der Waals surface area (Å²) < 4.78 is 34.9. The first-order chi connectivity index (χ1) is 18.7. The number of anilines is 2. The lowest BCUT2D eigenvalue weighted by Gasteiger charge is -2.36. The molecule has 1 amide bonds. The molecule has 4 aromatic rings. The van der Waals surface area contributed by atoms with Crippen LogP contribution in [0.4, 0.5) is 11.5 Å². The van der Waals surface area contributed by atoms with Gasteiger partial charge in [-0.3, -0.25) is 4.79 Å². The maximum Gasteiger partial charge on any atom is 0.242 e. The molecule has 0 radical (unpaired) electrons. The van der Waals surface area contributed by atoms with E-state index in [0.29, 0.717) is 5.69 Å². The van der Waals surface area contributed by atoms with Gasteiger partial charge in [0.2, 0.25) is 15.9 Å². The lowest BCUT2D eigenvalue weighted by Crippen LogP contribution is -2.46. The number of hydrogen-bond donors (Lipinski definition) is 3. The first-order valence-electron chi connectivity index (χ1n) is 13.0. The Morgan fingerprint density at radius 3 is 2.49 bits per heavy atom. The third-order valence-electron chi connectivity index (χ3n) is 6.80. The van der Waals surface area contributed by atoms with Crippen molar-refractivity contribution in [2.24, 2.45) is 0 Å². The molecule has 3 heterocycles. The van der Waals surface area contributed by atoms with Crippen LogP contribution in [0.25, 0.3) is 10.9 Å². The highest BCUT2D eigenvalue weighted by Gasteiger charge is 2.28. The normalized spacial score (nSPS) is 18.7. The maximum absolute atomic E-state index is 13.5. The Kier molecular flexibility index (Phi) is 7.69. The predicted molar refractivity (Wildman–Crippen MR) is 152 cm³/mol. The highest BCUT2D eigenvalue weighted by Crippen LogP contribution is 2.22. The number of carbonyl (C=O) groups excluding carboxylic acids is 1. The van der Waals surface area contributed by atoms with E-state index in [4.69, 9.17) is 4.74 Å². The van der Waals surface area contributed by atoms with Gasteiger partial charge < -0.3 is 19.9 Å². The number of para-hydroxylation sites is 1. The Hall–Kier alpha value is -3.73. The fraction of sp³-hybridized carbons (Fsp3) is 0.310. The molecule has 0 spiro atoms. The molecule has 1 aliphatic rings. The lowest BCUT2D eigenvalue weighted by molar-refractivity contribution is -0.117. The van der Waals surface area contributed by atoms with Crippen molar-refractivity contribution in [3.63, 3.8) is 0 Å². The zero-order valence-electron chi connectivity index (χ0n) is 22.2. The Morgan fingerprint density at radius 2 is 1.79 bits per heavy atom. The number of aromatic nitrogens is 2. The predicted octanol–water partition coefficient (Wildman–Crippen LogP) is 4.01. The summed E-state index contributed by atoms with van der Waals surface area (Å²) in [5.41, 5.74) is 3.18. The number of sulfonamides is 1. The SMILES string of the molecule is Cc1ccc(S(=O)(=O)N[C@@H](Cc2c[nH]c3ccccc23)C(=O)Nc2ccc(N3C[C@@H](C)O[C@@H](C)C3)nc2)cc1. The summed E-state index contributed by atoms with van der Waals surface area (Å²) in [7, 11) is -3.96. The molecule has 0 bridgehead atoms. The van der Waals surface area contributed by atoms with Gasteiger partial charge in [0.1, 0.15) is 11.9 Å². The fourth-order valence-electron chi connectivity index (χ4n) is 4.92. The van der Waals surface area contributed by atoms with Crippen LogP contribution in [0.3, 0.4) is 0 Å². The zero-order valence-corrected chi connectivity index (χ0v) is 23.0. The van der Waals surface area contributed by atoms with Crippen molar-refractivity contribution in [3.05, 3.63) is 84.2 Å². The van der Waals surface area contributed by atoms with E-state index in [1.54, 1.807) is 24.4 Å². The number of ether oxygens (including phenoxy) is 1. The molecule has 39 heavy (non-hydrogen) atoms. The van der Waals surface area contributed by atoms with Gasteiger partial charge in [0.05, 0.1) is 29.0 Å². The summed E-state index contributed by atoms with van der Waals surface area (Å²) in [6.45, 7) is 7.41. The molecule has 204 valence electrons. The summed E-state index contributed by atoms with van der Waals surface area (Å²) in [4.78, 5) is 23.5. The van der Waals surface area contributed by atoms with E-state index in [2.05, 4.69) is 24.9 Å². The molecular weight excluding hydrogens is 514 g/mol. The molecule has 0 aliphatic carbocycles. The number of aromatic amines is 1. The number of pyridine rings is 1. The third-order valence-corrected chi connectivity index (χ3v) is 8.29. The monoisotopic (exact) mass is 547 g/mol. The second-order valence-corrected chi connectivity index (χ2v) is 11.8. The number of carbonyl (C=O) groups is 1. The van der Waals surface area contributed by atoms with Gasteiger partial charge in [0.15, 0.2) is 0 Å². The first kappa shape index (κ1) is 26.9. The van der Waals surface area contributed by atoms with Crippen molar-refractivity contribution in [1.82, 2.24) is 14.7 Å². The smallest absolute Gasteiger partial charge is 0.242 e. The van der Waals surface area contributed by atoms with Crippen molar-refractivity contribution in [2.45, 2.75) is 50.3 Å². The van der Waals surface area contributed by atoms with Crippen molar-refractivity contribution in [2.75, 3.05) is 23.3 Å². The molecular formula is C29H33N5O4S. The van der Waals surface area contributed by atoms with E-state index in [1.165, 1.54) is 12.1 Å². The molecule has 1 aliphatic heterocycles. The van der Waals surface area contributed by atoms with E-state index in [9.17, 15) is 13.2 Å². The number of morpholine rings is 1. The van der Waals surface area contributed by atoms with Crippen molar-refractivity contribution in [3.8, 4) is 0 Å². The van der Waals surface area contributed by atoms with E-state index in [0.717, 1.165) is 40.9 Å². The number of aryl methyl sites for hydroxylation is 1. The largest absolute Gasteiger partial charge is 0.372 e. The second kappa shape index (κ2) is 11.2. The van der Waals surface area contributed by atoms with E-state index >= 15 is 0 Å².